The summed E-state index contributed by atoms with van der Waals surface area (Å²) >= 11 is 0. The van der Waals surface area contributed by atoms with Crippen molar-refractivity contribution in [2.45, 2.75) is 51.6 Å². The number of hydrogen-bond acceptors (Lipinski definition) is 1. The molecule has 2 heterocycles. The second kappa shape index (κ2) is 6.91. The van der Waals surface area contributed by atoms with Crippen LogP contribution in [0.2, 0.25) is 0 Å². The largest absolute Gasteiger partial charge is 0.348 e. The van der Waals surface area contributed by atoms with Crippen LogP contribution in [0.15, 0.2) is 65.7 Å². The Kier molecular flexibility index (Phi) is 4.34. The molecule has 0 N–H and O–H groups in total. The molecule has 5 rings (SSSR count). The van der Waals surface area contributed by atoms with E-state index in [1.807, 2.05) is 6.07 Å². The van der Waals surface area contributed by atoms with Crippen molar-refractivity contribution in [3.8, 4) is 0 Å². The molecule has 0 saturated heterocycles. The van der Waals surface area contributed by atoms with Gasteiger partial charge in [-0.2, -0.15) is 0 Å². The maximum absolute atomic E-state index is 13.7. The van der Waals surface area contributed by atoms with Gasteiger partial charge in [-0.05, 0) is 56.7 Å². The van der Waals surface area contributed by atoms with Crippen molar-refractivity contribution in [2.75, 3.05) is 0 Å². The van der Waals surface area contributed by atoms with Gasteiger partial charge in [0.1, 0.15) is 0 Å². The first kappa shape index (κ1) is 18.2. The Morgan fingerprint density at radius 3 is 2.45 bits per heavy atom. The second-order valence-corrected chi connectivity index (χ2v) is 8.49. The SMILES string of the molecule is Cc1c(C2C3=C(CCCC3)C(=O)N2C(C)c2ccccc2)c2ccccc2n1C. The van der Waals surface area contributed by atoms with Crippen LogP contribution in [0.1, 0.15) is 61.5 Å². The summed E-state index contributed by atoms with van der Waals surface area (Å²) in [6, 6.07) is 19.2. The first-order valence-electron chi connectivity index (χ1n) is 10.7. The van der Waals surface area contributed by atoms with Gasteiger partial charge in [0.25, 0.3) is 5.91 Å². The van der Waals surface area contributed by atoms with Crippen molar-refractivity contribution in [1.82, 2.24) is 9.47 Å². The van der Waals surface area contributed by atoms with E-state index >= 15 is 0 Å². The summed E-state index contributed by atoms with van der Waals surface area (Å²) in [5, 5.41) is 1.27. The molecule has 2 aliphatic rings. The molecule has 0 fully saturated rings. The van der Waals surface area contributed by atoms with Gasteiger partial charge in [0.15, 0.2) is 0 Å². The molecule has 29 heavy (non-hydrogen) atoms. The highest BCUT2D eigenvalue weighted by atomic mass is 16.2. The van der Waals surface area contributed by atoms with Crippen LogP contribution < -0.4 is 0 Å². The molecule has 1 aliphatic carbocycles. The van der Waals surface area contributed by atoms with Crippen molar-refractivity contribution >= 4 is 16.8 Å². The van der Waals surface area contributed by atoms with E-state index < -0.39 is 0 Å². The van der Waals surface area contributed by atoms with Gasteiger partial charge in [-0.1, -0.05) is 48.5 Å². The monoisotopic (exact) mass is 384 g/mol. The van der Waals surface area contributed by atoms with Crippen molar-refractivity contribution in [1.29, 1.82) is 0 Å². The minimum absolute atomic E-state index is 0.0395. The molecule has 1 amide bonds. The zero-order chi connectivity index (χ0) is 20.1. The summed E-state index contributed by atoms with van der Waals surface area (Å²) in [5.41, 5.74) is 7.45. The number of amides is 1. The minimum Gasteiger partial charge on any atom is -0.348 e. The Hall–Kier alpha value is -2.81. The predicted octanol–water partition coefficient (Wildman–Crippen LogP) is 6.00. The number of hydrogen-bond donors (Lipinski definition) is 0. The average molecular weight is 385 g/mol. The Bertz CT molecular complexity index is 1120. The maximum Gasteiger partial charge on any atom is 0.251 e. The highest BCUT2D eigenvalue weighted by Gasteiger charge is 2.44. The van der Waals surface area contributed by atoms with E-state index in [1.165, 1.54) is 39.7 Å². The first-order valence-corrected chi connectivity index (χ1v) is 10.7. The van der Waals surface area contributed by atoms with E-state index in [-0.39, 0.29) is 18.0 Å². The van der Waals surface area contributed by atoms with Crippen LogP contribution in [0.4, 0.5) is 0 Å². The Morgan fingerprint density at radius 2 is 1.66 bits per heavy atom. The highest BCUT2D eigenvalue weighted by Crippen LogP contribution is 2.50. The molecule has 3 heteroatoms. The molecular formula is C26H28N2O. The zero-order valence-corrected chi connectivity index (χ0v) is 17.5. The van der Waals surface area contributed by atoms with Crippen molar-refractivity contribution in [3.05, 3.63) is 82.6 Å². The van der Waals surface area contributed by atoms with E-state index in [4.69, 9.17) is 0 Å². The molecule has 2 atom stereocenters. The quantitative estimate of drug-likeness (QED) is 0.543. The fraction of sp³-hybridized carbons (Fsp3) is 0.346. The molecule has 0 spiro atoms. The lowest BCUT2D eigenvalue weighted by Gasteiger charge is -2.34. The number of benzene rings is 2. The summed E-state index contributed by atoms with van der Waals surface area (Å²) in [4.78, 5) is 15.8. The van der Waals surface area contributed by atoms with Gasteiger partial charge in [0, 0.05) is 34.8 Å². The molecule has 1 aliphatic heterocycles. The zero-order valence-electron chi connectivity index (χ0n) is 17.5. The van der Waals surface area contributed by atoms with Gasteiger partial charge < -0.3 is 9.47 Å². The summed E-state index contributed by atoms with van der Waals surface area (Å²) < 4.78 is 2.28. The van der Waals surface area contributed by atoms with Gasteiger partial charge in [0.2, 0.25) is 0 Å². The molecule has 2 aromatic carbocycles. The molecule has 0 radical (unpaired) electrons. The summed E-state index contributed by atoms with van der Waals surface area (Å²) in [6.45, 7) is 4.38. The van der Waals surface area contributed by atoms with E-state index in [2.05, 4.69) is 78.9 Å². The number of aryl methyl sites for hydroxylation is 1. The number of aromatic nitrogens is 1. The topological polar surface area (TPSA) is 25.2 Å². The van der Waals surface area contributed by atoms with E-state index in [1.54, 1.807) is 0 Å². The molecule has 0 bridgehead atoms. The molecule has 3 aromatic rings. The van der Waals surface area contributed by atoms with Crippen LogP contribution in [0.5, 0.6) is 0 Å². The van der Waals surface area contributed by atoms with E-state index in [0.717, 1.165) is 24.8 Å². The van der Waals surface area contributed by atoms with Gasteiger partial charge in [-0.15, -0.1) is 0 Å². The number of carbonyl (C=O) groups excluding carboxylic acids is 1. The molecule has 1 aromatic heterocycles. The van der Waals surface area contributed by atoms with Crippen LogP contribution in [0, 0.1) is 6.92 Å². The molecular weight excluding hydrogens is 356 g/mol. The summed E-state index contributed by atoms with van der Waals surface area (Å²) in [5.74, 6) is 0.244. The first-order chi connectivity index (χ1) is 14.1. The maximum atomic E-state index is 13.7. The van der Waals surface area contributed by atoms with Gasteiger partial charge >= 0.3 is 0 Å². The third kappa shape index (κ3) is 2.67. The lowest BCUT2D eigenvalue weighted by molar-refractivity contribution is -0.129. The van der Waals surface area contributed by atoms with Crippen LogP contribution >= 0.6 is 0 Å². The van der Waals surface area contributed by atoms with Gasteiger partial charge in [-0.3, -0.25) is 4.79 Å². The van der Waals surface area contributed by atoms with Crippen LogP contribution in [-0.4, -0.2) is 15.4 Å². The highest BCUT2D eigenvalue weighted by molar-refractivity contribution is 5.99. The molecule has 3 nitrogen and oxygen atoms in total. The smallest absolute Gasteiger partial charge is 0.251 e. The van der Waals surface area contributed by atoms with E-state index in [9.17, 15) is 4.79 Å². The standard InChI is InChI=1S/C26H28N2O/c1-17(19-11-5-4-6-12-19)28-25(20-13-7-8-14-21(20)26(28)29)24-18(2)27(3)23-16-10-9-15-22(23)24/h4-6,9-12,15-17,25H,7-8,13-14H2,1-3H3. The molecule has 148 valence electrons. The summed E-state index contributed by atoms with van der Waals surface area (Å²) in [6.07, 6.45) is 4.26. The van der Waals surface area contributed by atoms with Crippen molar-refractivity contribution in [2.24, 2.45) is 7.05 Å². The van der Waals surface area contributed by atoms with Gasteiger partial charge in [0.05, 0.1) is 12.1 Å². The molecule has 0 saturated carbocycles. The normalized spacial score (nSPS) is 20.4. The average Bonchev–Trinajstić information content (AvgIpc) is 3.19. The Labute approximate surface area is 172 Å². The second-order valence-electron chi connectivity index (χ2n) is 8.49. The number of nitrogens with zero attached hydrogens (tertiary/aromatic N) is 2. The van der Waals surface area contributed by atoms with E-state index in [0.29, 0.717) is 0 Å². The number of fused-ring (bicyclic) bond motifs is 1. The Balaban J connectivity index is 1.73. The third-order valence-corrected chi connectivity index (χ3v) is 7.03. The fourth-order valence-corrected chi connectivity index (χ4v) is 5.42. The predicted molar refractivity (Wildman–Crippen MR) is 118 cm³/mol. The van der Waals surface area contributed by atoms with Crippen LogP contribution in [0.25, 0.3) is 10.9 Å². The minimum atomic E-state index is 0.0395. The van der Waals surface area contributed by atoms with Crippen molar-refractivity contribution in [3.63, 3.8) is 0 Å². The third-order valence-electron chi connectivity index (χ3n) is 7.03. The summed E-state index contributed by atoms with van der Waals surface area (Å²) in [7, 11) is 2.14. The number of carbonyl (C=O) groups is 1. The molecule has 2 unspecified atom stereocenters. The van der Waals surface area contributed by atoms with Gasteiger partial charge in [-0.25, -0.2) is 0 Å². The lowest BCUT2D eigenvalue weighted by atomic mass is 9.86. The van der Waals surface area contributed by atoms with Crippen LogP contribution in [-0.2, 0) is 11.8 Å². The van der Waals surface area contributed by atoms with Crippen LogP contribution in [0.3, 0.4) is 0 Å². The lowest BCUT2D eigenvalue weighted by Crippen LogP contribution is -2.33. The Morgan fingerprint density at radius 1 is 0.966 bits per heavy atom. The fourth-order valence-electron chi connectivity index (χ4n) is 5.42. The van der Waals surface area contributed by atoms with Crippen molar-refractivity contribution < 1.29 is 4.79 Å². The number of rotatable bonds is 3. The number of para-hydroxylation sites is 1.